The van der Waals surface area contributed by atoms with Gasteiger partial charge in [-0.3, -0.25) is 4.98 Å². The lowest BCUT2D eigenvalue weighted by Crippen LogP contribution is -2.38. The van der Waals surface area contributed by atoms with Gasteiger partial charge < -0.3 is 20.1 Å². The quantitative estimate of drug-likeness (QED) is 0.122. The van der Waals surface area contributed by atoms with Gasteiger partial charge in [-0.15, -0.1) is 0 Å². The smallest absolute Gasteiger partial charge is 0.335 e. The first kappa shape index (κ1) is 37.6. The summed E-state index contributed by atoms with van der Waals surface area (Å²) in [4.78, 5) is 32.4. The molecule has 0 aliphatic heterocycles. The lowest BCUT2D eigenvalue weighted by molar-refractivity contribution is 0.0696. The molecule has 0 saturated heterocycles. The molecule has 1 aliphatic rings. The molecule has 1 fully saturated rings. The second kappa shape index (κ2) is 15.7. The van der Waals surface area contributed by atoms with Gasteiger partial charge in [-0.25, -0.2) is 32.9 Å². The summed E-state index contributed by atoms with van der Waals surface area (Å²) in [5, 5.41) is 13.2. The second-order valence-corrected chi connectivity index (χ2v) is 16.2. The van der Waals surface area contributed by atoms with Crippen LogP contribution < -0.4 is 19.7 Å². The van der Waals surface area contributed by atoms with Gasteiger partial charge in [0.05, 0.1) is 35.2 Å². The highest BCUT2D eigenvalue weighted by molar-refractivity contribution is 7.92. The van der Waals surface area contributed by atoms with Crippen LogP contribution in [-0.4, -0.2) is 65.7 Å². The fraction of sp³-hybridized carbons (Fsp3) is 0.447. The van der Waals surface area contributed by atoms with Crippen LogP contribution >= 0.6 is 0 Å². The zero-order valence-corrected chi connectivity index (χ0v) is 31.3. The number of rotatable bonds is 15. The molecule has 12 nitrogen and oxygen atoms in total. The minimum Gasteiger partial charge on any atom is -0.493 e. The number of hydrogen-bond donors (Lipinski definition) is 3. The molecular weight excluding hydrogens is 667 g/mol. The Balaban J connectivity index is 1.46. The van der Waals surface area contributed by atoms with Crippen LogP contribution in [0.1, 0.15) is 85.7 Å². The summed E-state index contributed by atoms with van der Waals surface area (Å²) in [7, 11) is -0.593. The molecule has 0 amide bonds. The fourth-order valence-corrected chi connectivity index (χ4v) is 7.44. The van der Waals surface area contributed by atoms with Crippen molar-refractivity contribution < 1.29 is 23.1 Å². The number of carbonyl (C=O) groups is 1. The molecule has 3 N–H and O–H groups in total. The molecule has 0 unspecified atom stereocenters. The number of nitrogens with zero attached hydrogens (tertiary/aromatic N) is 5. The molecule has 5 rings (SSSR count). The molecule has 2 aromatic carbocycles. The SMILES string of the molecule is COc1c(CC[C@@H](CC(C)(C)C)NCc2cncc(N(C)C3CCC3)n2)nc(NS(=O)(=O)c2cccc(C(=O)O)c2)nc1-c1c(C)cccc1C. The third kappa shape index (κ3) is 9.39. The molecule has 1 aliphatic carbocycles. The monoisotopic (exact) mass is 715 g/mol. The van der Waals surface area contributed by atoms with Crippen molar-refractivity contribution in [2.24, 2.45) is 5.41 Å². The second-order valence-electron chi connectivity index (χ2n) is 14.5. The number of benzene rings is 2. The van der Waals surface area contributed by atoms with E-state index in [2.05, 4.69) is 47.7 Å². The van der Waals surface area contributed by atoms with E-state index in [0.717, 1.165) is 40.7 Å². The van der Waals surface area contributed by atoms with Gasteiger partial charge in [-0.2, -0.15) is 0 Å². The maximum Gasteiger partial charge on any atom is 0.335 e. The van der Waals surface area contributed by atoms with Crippen molar-refractivity contribution in [3.63, 3.8) is 0 Å². The molecule has 0 radical (unpaired) electrons. The summed E-state index contributed by atoms with van der Waals surface area (Å²) >= 11 is 0. The van der Waals surface area contributed by atoms with E-state index in [9.17, 15) is 18.3 Å². The molecule has 51 heavy (non-hydrogen) atoms. The number of methoxy groups -OCH3 is 1. The molecule has 4 aromatic rings. The number of anilines is 2. The first-order chi connectivity index (χ1) is 24.1. The molecule has 0 bridgehead atoms. The maximum absolute atomic E-state index is 13.6. The number of aromatic carboxylic acids is 1. The van der Waals surface area contributed by atoms with Gasteiger partial charge in [-0.05, 0) is 87.1 Å². The average molecular weight is 716 g/mol. The lowest BCUT2D eigenvalue weighted by atomic mass is 9.86. The van der Waals surface area contributed by atoms with Crippen molar-refractivity contribution >= 4 is 27.8 Å². The molecule has 2 heterocycles. The van der Waals surface area contributed by atoms with Gasteiger partial charge in [0.15, 0.2) is 5.75 Å². The summed E-state index contributed by atoms with van der Waals surface area (Å²) in [6.07, 6.45) is 9.19. The molecule has 0 spiro atoms. The van der Waals surface area contributed by atoms with Crippen molar-refractivity contribution in [2.75, 3.05) is 23.8 Å². The number of carboxylic acids is 1. The standard InChI is InChI=1S/C38H49N7O5S/c1-24-11-8-12-25(2)33(24)34-35(50-7)31(42-37(43-34)44-51(48,49)30-16-9-13-26(19-30)36(46)47)18-17-27(20-38(3,4)5)40-22-28-21-39-23-32(41-28)45(6)29-14-10-15-29/h8-9,11-13,16,19,21,23,27,29,40H,10,14-15,17-18,20,22H2,1-7H3,(H,46,47)(H,42,43,44)/t27-/m0/s1. The summed E-state index contributed by atoms with van der Waals surface area (Å²) in [6, 6.07) is 11.6. The summed E-state index contributed by atoms with van der Waals surface area (Å²) < 4.78 is 35.6. The summed E-state index contributed by atoms with van der Waals surface area (Å²) in [5.41, 5.74) is 4.45. The zero-order valence-electron chi connectivity index (χ0n) is 30.5. The van der Waals surface area contributed by atoms with Crippen LogP contribution in [0.2, 0.25) is 0 Å². The highest BCUT2D eigenvalue weighted by atomic mass is 32.2. The van der Waals surface area contributed by atoms with E-state index in [1.807, 2.05) is 38.2 Å². The Kier molecular flexibility index (Phi) is 11.6. The largest absolute Gasteiger partial charge is 0.493 e. The van der Waals surface area contributed by atoms with Crippen LogP contribution in [0.15, 0.2) is 59.8 Å². The third-order valence-corrected chi connectivity index (χ3v) is 10.6. The number of sulfonamides is 1. The topological polar surface area (TPSA) is 160 Å². The molecule has 1 atom stereocenters. The number of ether oxygens (including phenoxy) is 1. The van der Waals surface area contributed by atoms with Crippen LogP contribution in [0.25, 0.3) is 11.3 Å². The fourth-order valence-electron chi connectivity index (χ4n) is 6.45. The van der Waals surface area contributed by atoms with E-state index in [1.54, 1.807) is 13.3 Å². The summed E-state index contributed by atoms with van der Waals surface area (Å²) in [5.74, 6) is -0.0187. The Morgan fingerprint density at radius 3 is 2.39 bits per heavy atom. The van der Waals surface area contributed by atoms with Crippen molar-refractivity contribution in [1.29, 1.82) is 0 Å². The lowest BCUT2D eigenvalue weighted by Gasteiger charge is -2.35. The van der Waals surface area contributed by atoms with Gasteiger partial charge in [0.2, 0.25) is 5.95 Å². The van der Waals surface area contributed by atoms with E-state index in [0.29, 0.717) is 42.6 Å². The van der Waals surface area contributed by atoms with Gasteiger partial charge in [0.25, 0.3) is 10.0 Å². The molecule has 13 heteroatoms. The Morgan fingerprint density at radius 1 is 1.06 bits per heavy atom. The predicted octanol–water partition coefficient (Wildman–Crippen LogP) is 6.57. The van der Waals surface area contributed by atoms with E-state index >= 15 is 0 Å². The Morgan fingerprint density at radius 2 is 1.76 bits per heavy atom. The van der Waals surface area contributed by atoms with Crippen molar-refractivity contribution in [2.45, 2.75) is 96.7 Å². The van der Waals surface area contributed by atoms with E-state index < -0.39 is 16.0 Å². The first-order valence-electron chi connectivity index (χ1n) is 17.3. The van der Waals surface area contributed by atoms with Gasteiger partial charge in [0, 0.05) is 37.4 Å². The maximum atomic E-state index is 13.6. The van der Waals surface area contributed by atoms with Crippen molar-refractivity contribution in [3.8, 4) is 17.0 Å². The van der Waals surface area contributed by atoms with E-state index in [-0.39, 0.29) is 27.9 Å². The molecule has 1 saturated carbocycles. The van der Waals surface area contributed by atoms with Gasteiger partial charge in [0.1, 0.15) is 11.5 Å². The number of hydrogen-bond acceptors (Lipinski definition) is 10. The van der Waals surface area contributed by atoms with Crippen molar-refractivity contribution in [1.82, 2.24) is 25.3 Å². The number of nitrogens with one attached hydrogen (secondary N) is 2. The highest BCUT2D eigenvalue weighted by Crippen LogP contribution is 2.37. The molecule has 2 aromatic heterocycles. The van der Waals surface area contributed by atoms with Crippen LogP contribution in [0.5, 0.6) is 5.75 Å². The third-order valence-electron chi connectivity index (χ3n) is 9.29. The van der Waals surface area contributed by atoms with Crippen LogP contribution in [0.3, 0.4) is 0 Å². The Bertz CT molecular complexity index is 1960. The number of aryl methyl sites for hydroxylation is 3. The predicted molar refractivity (Wildman–Crippen MR) is 199 cm³/mol. The van der Waals surface area contributed by atoms with Gasteiger partial charge in [-0.1, -0.05) is 45.0 Å². The molecule has 272 valence electrons. The van der Waals surface area contributed by atoms with Gasteiger partial charge >= 0.3 is 5.97 Å². The minimum absolute atomic E-state index is 0.0140. The zero-order chi connectivity index (χ0) is 36.9. The Hall–Kier alpha value is -4.62. The number of aromatic nitrogens is 4. The van der Waals surface area contributed by atoms with Crippen LogP contribution in [0, 0.1) is 19.3 Å². The minimum atomic E-state index is -4.24. The van der Waals surface area contributed by atoms with Crippen LogP contribution in [0.4, 0.5) is 11.8 Å². The molecular formula is C38H49N7O5S. The highest BCUT2D eigenvalue weighted by Gasteiger charge is 2.26. The first-order valence-corrected chi connectivity index (χ1v) is 18.8. The Labute approximate surface area is 301 Å². The van der Waals surface area contributed by atoms with E-state index in [1.165, 1.54) is 37.5 Å². The summed E-state index contributed by atoms with van der Waals surface area (Å²) in [6.45, 7) is 11.1. The average Bonchev–Trinajstić information content (AvgIpc) is 3.04. The number of carboxylic acid groups (broad SMARTS) is 1. The van der Waals surface area contributed by atoms with Crippen molar-refractivity contribution in [3.05, 3.63) is 82.9 Å². The normalized spacial score (nSPS) is 14.1. The van der Waals surface area contributed by atoms with Crippen LogP contribution in [-0.2, 0) is 23.0 Å². The van der Waals surface area contributed by atoms with E-state index in [4.69, 9.17) is 19.7 Å².